The quantitative estimate of drug-likeness (QED) is 0.682. The summed E-state index contributed by atoms with van der Waals surface area (Å²) in [5.74, 6) is 0.263. The van der Waals surface area contributed by atoms with E-state index in [1.807, 2.05) is 30.3 Å². The van der Waals surface area contributed by atoms with Crippen LogP contribution in [0.1, 0.15) is 5.56 Å². The van der Waals surface area contributed by atoms with Gasteiger partial charge in [0.2, 0.25) is 0 Å². The fraction of sp³-hybridized carbons (Fsp3) is 0.0588. The number of carbonyl (C=O) groups is 1. The molecule has 1 aromatic heterocycles. The molecule has 0 amide bonds. The minimum Gasteiger partial charge on any atom is -0.449 e. The molecular weight excluding hydrogens is 302 g/mol. The van der Waals surface area contributed by atoms with Gasteiger partial charge in [-0.2, -0.15) is 0 Å². The molecule has 3 rings (SSSR count). The number of pyridine rings is 1. The molecule has 1 N–H and O–H groups in total. The largest absolute Gasteiger partial charge is 0.511 e. The number of benzene rings is 2. The van der Waals surface area contributed by atoms with E-state index in [4.69, 9.17) is 21.4 Å². The van der Waals surface area contributed by atoms with Gasteiger partial charge < -0.3 is 9.84 Å². The first-order valence-electron chi connectivity index (χ1n) is 6.62. The molecule has 0 aliphatic heterocycles. The van der Waals surface area contributed by atoms with Gasteiger partial charge in [0.25, 0.3) is 0 Å². The fourth-order valence-electron chi connectivity index (χ4n) is 2.40. The van der Waals surface area contributed by atoms with Crippen molar-refractivity contribution in [2.75, 3.05) is 0 Å². The summed E-state index contributed by atoms with van der Waals surface area (Å²) in [4.78, 5) is 15.6. The first kappa shape index (κ1) is 14.4. The molecule has 0 spiro atoms. The van der Waals surface area contributed by atoms with Gasteiger partial charge in [0.05, 0.1) is 11.2 Å². The molecule has 3 aromatic rings. The fourth-order valence-corrected chi connectivity index (χ4v) is 2.57. The van der Waals surface area contributed by atoms with Crippen molar-refractivity contribution in [2.45, 2.75) is 6.92 Å². The highest BCUT2D eigenvalue weighted by Gasteiger charge is 2.17. The molecule has 0 saturated heterocycles. The van der Waals surface area contributed by atoms with E-state index in [0.29, 0.717) is 27.2 Å². The average Bonchev–Trinajstić information content (AvgIpc) is 2.51. The number of fused-ring (bicyclic) bond motifs is 1. The van der Waals surface area contributed by atoms with E-state index in [2.05, 4.69) is 4.98 Å². The second-order valence-corrected chi connectivity index (χ2v) is 5.25. The van der Waals surface area contributed by atoms with Crippen molar-refractivity contribution in [3.05, 3.63) is 59.1 Å². The maximum absolute atomic E-state index is 11.0. The van der Waals surface area contributed by atoms with Crippen molar-refractivity contribution < 1.29 is 14.6 Å². The Labute approximate surface area is 131 Å². The number of ether oxygens (including phenoxy) is 1. The van der Waals surface area contributed by atoms with Crippen LogP contribution in [0.5, 0.6) is 5.75 Å². The molecule has 0 fully saturated rings. The first-order chi connectivity index (χ1) is 10.6. The molecule has 0 atom stereocenters. The van der Waals surface area contributed by atoms with Crippen molar-refractivity contribution in [1.82, 2.24) is 4.98 Å². The lowest BCUT2D eigenvalue weighted by molar-refractivity contribution is 0.144. The molecule has 110 valence electrons. The highest BCUT2D eigenvalue weighted by atomic mass is 35.5. The van der Waals surface area contributed by atoms with E-state index in [1.165, 1.54) is 0 Å². The molecule has 22 heavy (non-hydrogen) atoms. The van der Waals surface area contributed by atoms with Gasteiger partial charge in [0.1, 0.15) is 5.75 Å². The Bertz CT molecular complexity index is 863. The molecule has 0 radical (unpaired) electrons. The van der Waals surface area contributed by atoms with Gasteiger partial charge in [0, 0.05) is 21.5 Å². The summed E-state index contributed by atoms with van der Waals surface area (Å²) in [5, 5.41) is 10.1. The number of aromatic nitrogens is 1. The van der Waals surface area contributed by atoms with Gasteiger partial charge in [0.15, 0.2) is 0 Å². The Morgan fingerprint density at radius 2 is 1.91 bits per heavy atom. The Hall–Kier alpha value is -2.59. The van der Waals surface area contributed by atoms with Gasteiger partial charge in [-0.1, -0.05) is 41.9 Å². The van der Waals surface area contributed by atoms with E-state index < -0.39 is 6.16 Å². The van der Waals surface area contributed by atoms with E-state index in [9.17, 15) is 4.79 Å². The third-order valence-corrected chi connectivity index (χ3v) is 3.60. The van der Waals surface area contributed by atoms with Gasteiger partial charge in [-0.05, 0) is 25.1 Å². The zero-order chi connectivity index (χ0) is 15.7. The number of halogens is 1. The third kappa shape index (κ3) is 2.61. The molecule has 0 saturated carbocycles. The number of rotatable bonds is 2. The third-order valence-electron chi connectivity index (χ3n) is 3.37. The van der Waals surface area contributed by atoms with Crippen molar-refractivity contribution in [3.8, 4) is 17.0 Å². The molecule has 0 aliphatic carbocycles. The summed E-state index contributed by atoms with van der Waals surface area (Å²) in [7, 11) is 0. The minimum atomic E-state index is -1.37. The average molecular weight is 314 g/mol. The highest BCUT2D eigenvalue weighted by Crippen LogP contribution is 2.36. The zero-order valence-electron chi connectivity index (χ0n) is 11.7. The topological polar surface area (TPSA) is 59.4 Å². The van der Waals surface area contributed by atoms with Crippen LogP contribution in [0.25, 0.3) is 22.2 Å². The SMILES string of the molecule is Cc1c(-c2ccccc2)nc2ccc(Cl)cc2c1OC(=O)O. The summed E-state index contributed by atoms with van der Waals surface area (Å²) in [6, 6.07) is 14.7. The lowest BCUT2D eigenvalue weighted by atomic mass is 10.0. The van der Waals surface area contributed by atoms with Crippen LogP contribution < -0.4 is 4.74 Å². The molecule has 2 aromatic carbocycles. The van der Waals surface area contributed by atoms with Crippen molar-refractivity contribution in [3.63, 3.8) is 0 Å². The minimum absolute atomic E-state index is 0.263. The van der Waals surface area contributed by atoms with Crippen LogP contribution in [0.2, 0.25) is 5.02 Å². The summed E-state index contributed by atoms with van der Waals surface area (Å²) in [6.45, 7) is 1.79. The van der Waals surface area contributed by atoms with Crippen LogP contribution in [0.3, 0.4) is 0 Å². The molecule has 4 nitrogen and oxygen atoms in total. The van der Waals surface area contributed by atoms with Crippen LogP contribution >= 0.6 is 11.6 Å². The monoisotopic (exact) mass is 313 g/mol. The normalized spacial score (nSPS) is 10.6. The van der Waals surface area contributed by atoms with Crippen molar-refractivity contribution in [1.29, 1.82) is 0 Å². The van der Waals surface area contributed by atoms with Crippen LogP contribution in [-0.4, -0.2) is 16.2 Å². The summed E-state index contributed by atoms with van der Waals surface area (Å²) in [6.07, 6.45) is -1.37. The molecule has 0 aliphatic rings. The zero-order valence-corrected chi connectivity index (χ0v) is 12.5. The van der Waals surface area contributed by atoms with E-state index in [0.717, 1.165) is 5.56 Å². The Balaban J connectivity index is 2.33. The first-order valence-corrected chi connectivity index (χ1v) is 7.00. The van der Waals surface area contributed by atoms with Crippen molar-refractivity contribution in [2.24, 2.45) is 0 Å². The summed E-state index contributed by atoms with van der Waals surface area (Å²) in [5.41, 5.74) is 2.87. The highest BCUT2D eigenvalue weighted by molar-refractivity contribution is 6.31. The number of hydrogen-bond donors (Lipinski definition) is 1. The van der Waals surface area contributed by atoms with Gasteiger partial charge in [-0.15, -0.1) is 0 Å². The van der Waals surface area contributed by atoms with Gasteiger partial charge >= 0.3 is 6.16 Å². The Morgan fingerprint density at radius 1 is 1.18 bits per heavy atom. The maximum atomic E-state index is 11.0. The smallest absolute Gasteiger partial charge is 0.449 e. The predicted octanol–water partition coefficient (Wildman–Crippen LogP) is 4.92. The summed E-state index contributed by atoms with van der Waals surface area (Å²) >= 11 is 6.01. The van der Waals surface area contributed by atoms with Crippen LogP contribution in [0.4, 0.5) is 4.79 Å². The second kappa shape index (κ2) is 5.66. The van der Waals surface area contributed by atoms with E-state index >= 15 is 0 Å². The van der Waals surface area contributed by atoms with Crippen LogP contribution in [-0.2, 0) is 0 Å². The standard InChI is InChI=1S/C17H12ClNO3/c1-10-15(11-5-3-2-4-6-11)19-14-8-7-12(18)9-13(14)16(10)22-17(20)21/h2-9H,1H3,(H,20,21). The molecule has 0 bridgehead atoms. The van der Waals surface area contributed by atoms with E-state index in [-0.39, 0.29) is 5.75 Å². The second-order valence-electron chi connectivity index (χ2n) is 4.81. The lowest BCUT2D eigenvalue weighted by Crippen LogP contribution is -2.06. The molecule has 1 heterocycles. The Kier molecular flexibility index (Phi) is 3.69. The maximum Gasteiger partial charge on any atom is 0.511 e. The van der Waals surface area contributed by atoms with Crippen molar-refractivity contribution >= 4 is 28.7 Å². The van der Waals surface area contributed by atoms with Crippen LogP contribution in [0, 0.1) is 6.92 Å². The number of carboxylic acid groups (broad SMARTS) is 1. The van der Waals surface area contributed by atoms with Gasteiger partial charge in [-0.25, -0.2) is 9.78 Å². The Morgan fingerprint density at radius 3 is 2.59 bits per heavy atom. The van der Waals surface area contributed by atoms with Crippen LogP contribution in [0.15, 0.2) is 48.5 Å². The molecule has 0 unspecified atom stereocenters. The van der Waals surface area contributed by atoms with E-state index in [1.54, 1.807) is 25.1 Å². The molecular formula is C17H12ClNO3. The lowest BCUT2D eigenvalue weighted by Gasteiger charge is -2.13. The number of hydrogen-bond acceptors (Lipinski definition) is 3. The number of nitrogens with zero attached hydrogens (tertiary/aromatic N) is 1. The summed E-state index contributed by atoms with van der Waals surface area (Å²) < 4.78 is 4.99. The predicted molar refractivity (Wildman–Crippen MR) is 85.6 cm³/mol. The molecule has 5 heteroatoms. The van der Waals surface area contributed by atoms with Gasteiger partial charge in [-0.3, -0.25) is 0 Å².